The van der Waals surface area contributed by atoms with Gasteiger partial charge in [0.25, 0.3) is 0 Å². The molecule has 0 bridgehead atoms. The standard InChI is InChI=1S/C5H11NO5S2/c7-5(1-4-12)6-2-3-11-13(8,9)10/h12H,1-4H2,(H,6,7)(H,8,9,10). The van der Waals surface area contributed by atoms with Crippen molar-refractivity contribution in [2.45, 2.75) is 6.42 Å². The van der Waals surface area contributed by atoms with Crippen LogP contribution < -0.4 is 5.32 Å². The van der Waals surface area contributed by atoms with Crippen LogP contribution in [0.15, 0.2) is 0 Å². The highest BCUT2D eigenvalue weighted by molar-refractivity contribution is 7.80. The van der Waals surface area contributed by atoms with Crippen LogP contribution in [0.2, 0.25) is 0 Å². The number of nitrogens with one attached hydrogen (secondary N) is 1. The molecule has 0 aromatic heterocycles. The third-order valence-electron chi connectivity index (χ3n) is 0.995. The Balaban J connectivity index is 3.41. The van der Waals surface area contributed by atoms with Crippen molar-refractivity contribution in [3.63, 3.8) is 0 Å². The van der Waals surface area contributed by atoms with Gasteiger partial charge in [0.15, 0.2) is 0 Å². The van der Waals surface area contributed by atoms with E-state index in [9.17, 15) is 13.2 Å². The first-order chi connectivity index (χ1) is 5.95. The fourth-order valence-electron chi connectivity index (χ4n) is 0.527. The second-order valence-electron chi connectivity index (χ2n) is 2.07. The minimum atomic E-state index is -4.40. The van der Waals surface area contributed by atoms with E-state index in [1.165, 1.54) is 0 Å². The minimum absolute atomic E-state index is 0.0341. The minimum Gasteiger partial charge on any atom is -0.354 e. The van der Waals surface area contributed by atoms with Crippen LogP contribution in [0, 0.1) is 0 Å². The first kappa shape index (κ1) is 12.7. The highest BCUT2D eigenvalue weighted by atomic mass is 32.3. The van der Waals surface area contributed by atoms with Crippen LogP contribution in [-0.2, 0) is 19.4 Å². The van der Waals surface area contributed by atoms with Crippen LogP contribution in [0.4, 0.5) is 0 Å². The summed E-state index contributed by atoms with van der Waals surface area (Å²) in [7, 11) is -4.40. The number of carbonyl (C=O) groups excluding carboxylic acids is 1. The molecule has 0 radical (unpaired) electrons. The van der Waals surface area contributed by atoms with E-state index >= 15 is 0 Å². The molecule has 0 aliphatic heterocycles. The van der Waals surface area contributed by atoms with Gasteiger partial charge < -0.3 is 5.32 Å². The number of carbonyl (C=O) groups is 1. The molecule has 0 rings (SSSR count). The Bertz CT molecular complexity index is 250. The maximum Gasteiger partial charge on any atom is 0.397 e. The first-order valence-electron chi connectivity index (χ1n) is 3.45. The molecule has 0 aliphatic carbocycles. The van der Waals surface area contributed by atoms with E-state index in [0.29, 0.717) is 5.75 Å². The van der Waals surface area contributed by atoms with Gasteiger partial charge in [-0.15, -0.1) is 0 Å². The van der Waals surface area contributed by atoms with Crippen LogP contribution >= 0.6 is 12.6 Å². The Kier molecular flexibility index (Phi) is 6.04. The highest BCUT2D eigenvalue weighted by Gasteiger charge is 2.04. The molecule has 78 valence electrons. The lowest BCUT2D eigenvalue weighted by atomic mass is 10.4. The average molecular weight is 229 g/mol. The lowest BCUT2D eigenvalue weighted by Gasteiger charge is -2.02. The van der Waals surface area contributed by atoms with Crippen LogP contribution in [-0.4, -0.2) is 37.8 Å². The van der Waals surface area contributed by atoms with Gasteiger partial charge in [-0.3, -0.25) is 9.35 Å². The molecule has 0 fully saturated rings. The Morgan fingerprint density at radius 3 is 2.62 bits per heavy atom. The van der Waals surface area contributed by atoms with Crippen molar-refractivity contribution < 1.29 is 21.9 Å². The summed E-state index contributed by atoms with van der Waals surface area (Å²) in [5.41, 5.74) is 0. The topological polar surface area (TPSA) is 92.7 Å². The zero-order valence-electron chi connectivity index (χ0n) is 6.76. The summed E-state index contributed by atoms with van der Waals surface area (Å²) in [6, 6.07) is 0. The first-order valence-corrected chi connectivity index (χ1v) is 5.45. The molecule has 0 aromatic carbocycles. The molecule has 0 heterocycles. The molecule has 0 spiro atoms. The predicted octanol–water partition coefficient (Wildman–Crippen LogP) is -0.758. The molecule has 8 heteroatoms. The fraction of sp³-hybridized carbons (Fsp3) is 0.800. The summed E-state index contributed by atoms with van der Waals surface area (Å²) in [5.74, 6) is 0.180. The van der Waals surface area contributed by atoms with Crippen LogP contribution in [0.3, 0.4) is 0 Å². The lowest BCUT2D eigenvalue weighted by molar-refractivity contribution is -0.120. The van der Waals surface area contributed by atoms with E-state index in [-0.39, 0.29) is 25.5 Å². The summed E-state index contributed by atoms with van der Waals surface area (Å²) >= 11 is 3.82. The number of amides is 1. The highest BCUT2D eigenvalue weighted by Crippen LogP contribution is 1.85. The number of rotatable bonds is 6. The second-order valence-corrected chi connectivity index (χ2v) is 3.61. The number of hydrogen-bond acceptors (Lipinski definition) is 5. The van der Waals surface area contributed by atoms with Gasteiger partial charge >= 0.3 is 10.4 Å². The molecule has 0 aromatic rings. The van der Waals surface area contributed by atoms with Crippen LogP contribution in [0.25, 0.3) is 0 Å². The van der Waals surface area contributed by atoms with Crippen molar-refractivity contribution in [3.05, 3.63) is 0 Å². The molecular weight excluding hydrogens is 218 g/mol. The van der Waals surface area contributed by atoms with E-state index in [0.717, 1.165) is 0 Å². The van der Waals surface area contributed by atoms with Crippen LogP contribution in [0.1, 0.15) is 6.42 Å². The van der Waals surface area contributed by atoms with Crippen LogP contribution in [0.5, 0.6) is 0 Å². The zero-order valence-corrected chi connectivity index (χ0v) is 8.48. The van der Waals surface area contributed by atoms with Crippen molar-refractivity contribution in [2.24, 2.45) is 0 Å². The third kappa shape index (κ3) is 9.61. The molecule has 0 saturated heterocycles. The van der Waals surface area contributed by atoms with E-state index in [1.54, 1.807) is 0 Å². The van der Waals surface area contributed by atoms with E-state index in [2.05, 4.69) is 22.1 Å². The SMILES string of the molecule is O=C(CCS)NCCOS(=O)(=O)O. The monoisotopic (exact) mass is 229 g/mol. The van der Waals surface area contributed by atoms with Gasteiger partial charge in [0, 0.05) is 13.0 Å². The molecule has 0 aliphatic rings. The van der Waals surface area contributed by atoms with Crippen molar-refractivity contribution in [1.82, 2.24) is 5.32 Å². The molecule has 13 heavy (non-hydrogen) atoms. The van der Waals surface area contributed by atoms with Crippen molar-refractivity contribution in [2.75, 3.05) is 18.9 Å². The van der Waals surface area contributed by atoms with Crippen molar-refractivity contribution in [1.29, 1.82) is 0 Å². The van der Waals surface area contributed by atoms with Crippen molar-refractivity contribution >= 4 is 28.9 Å². The molecule has 0 atom stereocenters. The number of thiol groups is 1. The maximum absolute atomic E-state index is 10.7. The van der Waals surface area contributed by atoms with E-state index in [4.69, 9.17) is 4.55 Å². The second kappa shape index (κ2) is 6.19. The fourth-order valence-corrected chi connectivity index (χ4v) is 1.02. The Morgan fingerprint density at radius 1 is 1.54 bits per heavy atom. The quantitative estimate of drug-likeness (QED) is 0.316. The normalized spacial score (nSPS) is 11.2. The third-order valence-corrected chi connectivity index (χ3v) is 1.68. The Morgan fingerprint density at radius 2 is 2.15 bits per heavy atom. The summed E-state index contributed by atoms with van der Waals surface area (Å²) in [6.45, 7) is -0.246. The molecule has 0 unspecified atom stereocenters. The van der Waals surface area contributed by atoms with E-state index < -0.39 is 10.4 Å². The zero-order chi connectivity index (χ0) is 10.3. The van der Waals surface area contributed by atoms with Gasteiger partial charge in [-0.25, -0.2) is 4.18 Å². The summed E-state index contributed by atoms with van der Waals surface area (Å²) in [4.78, 5) is 10.7. The molecular formula is C5H11NO5S2. The summed E-state index contributed by atoms with van der Waals surface area (Å²) in [5, 5.41) is 2.37. The Labute approximate surface area is 82.0 Å². The van der Waals surface area contributed by atoms with Gasteiger partial charge in [-0.05, 0) is 5.75 Å². The largest absolute Gasteiger partial charge is 0.397 e. The van der Waals surface area contributed by atoms with Gasteiger partial charge in [-0.1, -0.05) is 0 Å². The van der Waals surface area contributed by atoms with Gasteiger partial charge in [-0.2, -0.15) is 21.0 Å². The molecule has 1 amide bonds. The maximum atomic E-state index is 10.7. The lowest BCUT2D eigenvalue weighted by Crippen LogP contribution is -2.28. The van der Waals surface area contributed by atoms with Gasteiger partial charge in [0.2, 0.25) is 5.91 Å². The molecule has 6 nitrogen and oxygen atoms in total. The van der Waals surface area contributed by atoms with Crippen molar-refractivity contribution in [3.8, 4) is 0 Å². The summed E-state index contributed by atoms with van der Waals surface area (Å²) < 4.78 is 32.1. The predicted molar refractivity (Wildman–Crippen MR) is 49.0 cm³/mol. The molecule has 2 N–H and O–H groups in total. The summed E-state index contributed by atoms with van der Waals surface area (Å²) in [6.07, 6.45) is 0.259. The van der Waals surface area contributed by atoms with Gasteiger partial charge in [0.1, 0.15) is 0 Å². The molecule has 0 saturated carbocycles. The van der Waals surface area contributed by atoms with Gasteiger partial charge in [0.05, 0.1) is 6.61 Å². The Hall–Kier alpha value is -0.310. The van der Waals surface area contributed by atoms with E-state index in [1.807, 2.05) is 0 Å². The number of hydrogen-bond donors (Lipinski definition) is 3. The average Bonchev–Trinajstić information content (AvgIpc) is 1.97. The smallest absolute Gasteiger partial charge is 0.354 e.